The Morgan fingerprint density at radius 1 is 0.733 bits per heavy atom. The van der Waals surface area contributed by atoms with Crippen LogP contribution in [-0.2, 0) is 10.8 Å². The van der Waals surface area contributed by atoms with Crippen LogP contribution in [0.1, 0.15) is 58.1 Å². The highest BCUT2D eigenvalue weighted by molar-refractivity contribution is 6.25. The predicted molar refractivity (Wildman–Crippen MR) is 194 cm³/mol. The van der Waals surface area contributed by atoms with E-state index in [2.05, 4.69) is 161 Å². The Hall–Kier alpha value is -4.37. The Balaban J connectivity index is 1.15. The molecule has 3 heteroatoms. The zero-order valence-electron chi connectivity index (χ0n) is 27.5. The molecule has 1 aliphatic carbocycles. The van der Waals surface area contributed by atoms with Crippen LogP contribution in [0.2, 0.25) is 0 Å². The number of anilines is 1. The van der Waals surface area contributed by atoms with Crippen LogP contribution in [0.4, 0.5) is 11.4 Å². The fourth-order valence-corrected chi connectivity index (χ4v) is 8.18. The Labute approximate surface area is 269 Å². The average Bonchev–Trinajstić information content (AvgIpc) is 3.36. The lowest BCUT2D eigenvalue weighted by atomic mass is 9.75. The molecule has 0 saturated carbocycles. The second kappa shape index (κ2) is 10.9. The van der Waals surface area contributed by atoms with E-state index in [1.54, 1.807) is 0 Å². The Morgan fingerprint density at radius 3 is 2.11 bits per heavy atom. The van der Waals surface area contributed by atoms with Gasteiger partial charge in [-0.05, 0) is 78.4 Å². The van der Waals surface area contributed by atoms with E-state index in [0.29, 0.717) is 0 Å². The molecule has 0 saturated heterocycles. The fraction of sp³-hybridized carbons (Fsp3) is 0.262. The van der Waals surface area contributed by atoms with Crippen molar-refractivity contribution in [3.63, 3.8) is 0 Å². The molecule has 0 fully saturated rings. The van der Waals surface area contributed by atoms with E-state index < -0.39 is 0 Å². The maximum atomic E-state index is 6.83. The van der Waals surface area contributed by atoms with Crippen molar-refractivity contribution in [2.45, 2.75) is 57.8 Å². The Bertz CT molecular complexity index is 2060. The highest BCUT2D eigenvalue weighted by Crippen LogP contribution is 2.50. The van der Waals surface area contributed by atoms with Gasteiger partial charge >= 0.3 is 0 Å². The van der Waals surface area contributed by atoms with Gasteiger partial charge in [-0.15, -0.1) is 0 Å². The second-order valence-corrected chi connectivity index (χ2v) is 13.9. The van der Waals surface area contributed by atoms with E-state index in [1.165, 1.54) is 66.6 Å². The number of nitrogens with zero attached hydrogens (tertiary/aromatic N) is 2. The van der Waals surface area contributed by atoms with Crippen molar-refractivity contribution in [3.05, 3.63) is 143 Å². The topological polar surface area (TPSA) is 6.25 Å². The van der Waals surface area contributed by atoms with Crippen molar-refractivity contribution < 1.29 is 4.58 Å². The molecule has 0 aromatic heterocycles. The molecule has 222 valence electrons. The summed E-state index contributed by atoms with van der Waals surface area (Å²) in [6, 6.07) is 26.4. The highest BCUT2D eigenvalue weighted by atomic mass is 15.2. The molecular weight excluding hydrogens is 543 g/mol. The van der Waals surface area contributed by atoms with Gasteiger partial charge in [-0.3, -0.25) is 0 Å². The van der Waals surface area contributed by atoms with Crippen molar-refractivity contribution >= 4 is 46.5 Å². The summed E-state index contributed by atoms with van der Waals surface area (Å²) in [4.78, 5) is 2.34. The molecule has 2 radical (unpaired) electrons. The van der Waals surface area contributed by atoms with Crippen LogP contribution in [0.15, 0.2) is 132 Å². The molecule has 45 heavy (non-hydrogen) atoms. The van der Waals surface area contributed by atoms with Crippen molar-refractivity contribution in [1.29, 1.82) is 0 Å². The molecule has 0 N–H and O–H groups in total. The van der Waals surface area contributed by atoms with Crippen LogP contribution in [0, 0.1) is 0 Å². The largest absolute Gasteiger partial charge is 0.347 e. The van der Waals surface area contributed by atoms with Crippen molar-refractivity contribution in [2.75, 3.05) is 19.0 Å². The van der Waals surface area contributed by atoms with E-state index in [9.17, 15) is 0 Å². The maximum absolute atomic E-state index is 6.83. The van der Waals surface area contributed by atoms with Gasteiger partial charge < -0.3 is 4.90 Å². The summed E-state index contributed by atoms with van der Waals surface area (Å²) in [6.45, 7) is 9.36. The van der Waals surface area contributed by atoms with Crippen molar-refractivity contribution in [3.8, 4) is 0 Å². The third-order valence-corrected chi connectivity index (χ3v) is 10.5. The van der Waals surface area contributed by atoms with Gasteiger partial charge in [0, 0.05) is 41.6 Å². The minimum Gasteiger partial charge on any atom is -0.347 e. The van der Waals surface area contributed by atoms with Crippen LogP contribution >= 0.6 is 0 Å². The molecule has 0 bridgehead atoms. The number of allylic oxidation sites excluding steroid dienone is 10. The van der Waals surface area contributed by atoms with Crippen LogP contribution in [0.5, 0.6) is 0 Å². The molecule has 4 aromatic carbocycles. The lowest BCUT2D eigenvalue weighted by Crippen LogP contribution is -2.27. The summed E-state index contributed by atoms with van der Waals surface area (Å²) >= 11 is 0. The van der Waals surface area contributed by atoms with Crippen LogP contribution in [0.25, 0.3) is 21.5 Å². The van der Waals surface area contributed by atoms with Gasteiger partial charge in [0.2, 0.25) is 5.69 Å². The fourth-order valence-electron chi connectivity index (χ4n) is 8.18. The number of rotatable bonds is 4. The zero-order valence-corrected chi connectivity index (χ0v) is 27.5. The summed E-state index contributed by atoms with van der Waals surface area (Å²) in [7, 11) is 11.2. The van der Waals surface area contributed by atoms with Gasteiger partial charge in [-0.25, -0.2) is 0 Å². The predicted octanol–water partition coefficient (Wildman–Crippen LogP) is 9.96. The van der Waals surface area contributed by atoms with Crippen LogP contribution < -0.4 is 4.90 Å². The van der Waals surface area contributed by atoms with Crippen LogP contribution in [0.3, 0.4) is 0 Å². The SMILES string of the molecule is [B]C1=C(/C=C/C2=[N+](C)c3ccc4ccccc4c3C2(C)C)CCC\C1=C/C=C/C=C1/N(C)c2ccc3ccccc3c2C1(C)C. The molecule has 0 amide bonds. The number of likely N-dealkylation sites (N-methyl/N-ethyl adjacent to an activating group) is 1. The van der Waals surface area contributed by atoms with Crippen LogP contribution in [-0.4, -0.2) is 32.2 Å². The quantitative estimate of drug-likeness (QED) is 0.171. The summed E-state index contributed by atoms with van der Waals surface area (Å²) < 4.78 is 2.35. The monoisotopic (exact) mass is 585 g/mol. The highest BCUT2D eigenvalue weighted by Gasteiger charge is 2.44. The van der Waals surface area contributed by atoms with E-state index in [1.807, 2.05) is 0 Å². The first-order valence-corrected chi connectivity index (χ1v) is 16.2. The molecule has 2 aliphatic heterocycles. The summed E-state index contributed by atoms with van der Waals surface area (Å²) in [5.41, 5.74) is 11.2. The first-order chi connectivity index (χ1) is 21.6. The Morgan fingerprint density at radius 2 is 1.38 bits per heavy atom. The van der Waals surface area contributed by atoms with Crippen molar-refractivity contribution in [2.24, 2.45) is 0 Å². The van der Waals surface area contributed by atoms with Crippen molar-refractivity contribution in [1.82, 2.24) is 0 Å². The van der Waals surface area contributed by atoms with E-state index in [4.69, 9.17) is 7.85 Å². The lowest BCUT2D eigenvalue weighted by molar-refractivity contribution is -0.401. The number of hydrogen-bond acceptors (Lipinski definition) is 1. The molecule has 4 aromatic rings. The third kappa shape index (κ3) is 4.67. The third-order valence-electron chi connectivity index (χ3n) is 10.5. The zero-order chi connectivity index (χ0) is 31.5. The van der Waals surface area contributed by atoms with Gasteiger partial charge in [0.1, 0.15) is 14.9 Å². The molecule has 0 spiro atoms. The molecule has 0 unspecified atom stereocenters. The van der Waals surface area contributed by atoms with Gasteiger partial charge in [0.25, 0.3) is 0 Å². The standard InChI is InChI=1S/C42H42BN2/c1-41(2)36(44(5)34-25-22-28-14-7-10-19-32(28)38(34)41)21-12-9-16-30-17-13-18-31(40(30)43)24-27-37-42(3,4)39-33-20-11-8-15-29(33)23-26-35(39)45(37)6/h7-12,14-16,19-27H,13,17-18H2,1-6H3/q+1. The van der Waals surface area contributed by atoms with Gasteiger partial charge in [-0.2, -0.15) is 4.58 Å². The second-order valence-electron chi connectivity index (χ2n) is 13.9. The minimum atomic E-state index is -0.104. The first-order valence-electron chi connectivity index (χ1n) is 16.2. The lowest BCUT2D eigenvalue weighted by Gasteiger charge is -2.24. The average molecular weight is 586 g/mol. The number of hydrogen-bond donors (Lipinski definition) is 0. The van der Waals surface area contributed by atoms with Gasteiger partial charge in [0.15, 0.2) is 5.71 Å². The van der Waals surface area contributed by atoms with E-state index >= 15 is 0 Å². The number of fused-ring (bicyclic) bond motifs is 6. The minimum absolute atomic E-state index is 0.0883. The van der Waals surface area contributed by atoms with E-state index in [-0.39, 0.29) is 10.8 Å². The van der Waals surface area contributed by atoms with Gasteiger partial charge in [-0.1, -0.05) is 109 Å². The summed E-state index contributed by atoms with van der Waals surface area (Å²) in [5, 5.41) is 5.26. The first kappa shape index (κ1) is 29.4. The summed E-state index contributed by atoms with van der Waals surface area (Å²) in [6.07, 6.45) is 16.5. The maximum Gasteiger partial charge on any atom is 0.210 e. The van der Waals surface area contributed by atoms with E-state index in [0.717, 1.165) is 24.7 Å². The molecule has 2 heterocycles. The van der Waals surface area contributed by atoms with Gasteiger partial charge in [0.05, 0.1) is 5.41 Å². The number of benzene rings is 4. The molecule has 2 nitrogen and oxygen atoms in total. The summed E-state index contributed by atoms with van der Waals surface area (Å²) in [5.74, 6) is 0. The Kier molecular flexibility index (Phi) is 7.12. The molecule has 7 rings (SSSR count). The smallest absolute Gasteiger partial charge is 0.210 e. The molecule has 3 aliphatic rings. The molecular formula is C42H42BN2+. The molecule has 0 atom stereocenters. The normalized spacial score (nSPS) is 21.0.